The Morgan fingerprint density at radius 3 is 2.75 bits per heavy atom. The molecule has 1 amide bonds. The molecule has 2 N–H and O–H groups in total. The molecular formula is C13H16N2O. The average Bonchev–Trinajstić information content (AvgIpc) is 2.28. The summed E-state index contributed by atoms with van der Waals surface area (Å²) in [6.45, 7) is 4.72. The second-order valence-electron chi connectivity index (χ2n) is 3.59. The summed E-state index contributed by atoms with van der Waals surface area (Å²) < 4.78 is 0. The molecule has 0 spiro atoms. The summed E-state index contributed by atoms with van der Waals surface area (Å²) in [6, 6.07) is 5.26. The zero-order valence-corrected chi connectivity index (χ0v) is 9.66. The Hall–Kier alpha value is -1.95. The summed E-state index contributed by atoms with van der Waals surface area (Å²) >= 11 is 0. The van der Waals surface area contributed by atoms with E-state index in [9.17, 15) is 4.79 Å². The number of aryl methyl sites for hydroxylation is 1. The Bertz CT molecular complexity index is 432. The van der Waals surface area contributed by atoms with Gasteiger partial charge in [-0.15, -0.1) is 6.42 Å². The van der Waals surface area contributed by atoms with Gasteiger partial charge in [0.2, 0.25) is 0 Å². The summed E-state index contributed by atoms with van der Waals surface area (Å²) in [5, 5.41) is 0. The van der Waals surface area contributed by atoms with Crippen LogP contribution in [0.15, 0.2) is 18.2 Å². The lowest BCUT2D eigenvalue weighted by molar-refractivity contribution is 0.0785. The van der Waals surface area contributed by atoms with Crippen LogP contribution in [0.25, 0.3) is 0 Å². The quantitative estimate of drug-likeness (QED) is 0.617. The fourth-order valence-corrected chi connectivity index (χ4v) is 1.43. The monoisotopic (exact) mass is 216 g/mol. The molecule has 3 heteroatoms. The van der Waals surface area contributed by atoms with Crippen LogP contribution in [0, 0.1) is 19.3 Å². The van der Waals surface area contributed by atoms with Crippen molar-refractivity contribution in [3.8, 4) is 12.3 Å². The first-order valence-corrected chi connectivity index (χ1v) is 5.19. The minimum Gasteiger partial charge on any atom is -0.399 e. The van der Waals surface area contributed by atoms with Gasteiger partial charge in [0.1, 0.15) is 0 Å². The van der Waals surface area contributed by atoms with E-state index in [1.807, 2.05) is 13.8 Å². The van der Waals surface area contributed by atoms with Crippen LogP contribution in [0.3, 0.4) is 0 Å². The lowest BCUT2D eigenvalue weighted by Crippen LogP contribution is -2.31. The maximum Gasteiger partial charge on any atom is 0.254 e. The maximum atomic E-state index is 12.0. The highest BCUT2D eigenvalue weighted by Crippen LogP contribution is 2.14. The Morgan fingerprint density at radius 2 is 2.25 bits per heavy atom. The molecule has 84 valence electrons. The van der Waals surface area contributed by atoms with Gasteiger partial charge in [0.05, 0.1) is 6.54 Å². The third-order valence-electron chi connectivity index (χ3n) is 2.47. The lowest BCUT2D eigenvalue weighted by atomic mass is 10.1. The Morgan fingerprint density at radius 1 is 1.56 bits per heavy atom. The Labute approximate surface area is 96.2 Å². The van der Waals surface area contributed by atoms with Gasteiger partial charge in [0.25, 0.3) is 5.91 Å². The van der Waals surface area contributed by atoms with Crippen molar-refractivity contribution in [3.05, 3.63) is 29.3 Å². The number of hydrogen-bond donors (Lipinski definition) is 1. The molecule has 0 saturated heterocycles. The summed E-state index contributed by atoms with van der Waals surface area (Å²) in [7, 11) is 0. The predicted molar refractivity (Wildman–Crippen MR) is 66.0 cm³/mol. The highest BCUT2D eigenvalue weighted by Gasteiger charge is 2.13. The summed E-state index contributed by atoms with van der Waals surface area (Å²) in [5.41, 5.74) is 7.92. The Kier molecular flexibility index (Phi) is 3.96. The molecule has 0 aliphatic rings. The highest BCUT2D eigenvalue weighted by molar-refractivity contribution is 5.95. The number of hydrogen-bond acceptors (Lipinski definition) is 2. The molecule has 0 aliphatic heterocycles. The van der Waals surface area contributed by atoms with Crippen molar-refractivity contribution in [3.63, 3.8) is 0 Å². The standard InChI is InChI=1S/C13H16N2O/c1-4-8-15(5-2)13(16)11-6-7-12(14)10(3)9-11/h1,6-7,9H,5,8,14H2,2-3H3. The van der Waals surface area contributed by atoms with E-state index in [1.165, 1.54) is 0 Å². The first-order chi connectivity index (χ1) is 7.60. The summed E-state index contributed by atoms with van der Waals surface area (Å²) in [5.74, 6) is 2.42. The van der Waals surface area contributed by atoms with E-state index >= 15 is 0 Å². The van der Waals surface area contributed by atoms with Gasteiger partial charge in [-0.3, -0.25) is 4.79 Å². The van der Waals surface area contributed by atoms with Crippen LogP contribution >= 0.6 is 0 Å². The van der Waals surface area contributed by atoms with Gasteiger partial charge < -0.3 is 10.6 Å². The molecule has 0 aliphatic carbocycles. The molecule has 0 saturated carbocycles. The number of amides is 1. The fourth-order valence-electron chi connectivity index (χ4n) is 1.43. The molecule has 0 aromatic heterocycles. The predicted octanol–water partition coefficient (Wildman–Crippen LogP) is 1.67. The van der Waals surface area contributed by atoms with Crippen molar-refractivity contribution >= 4 is 11.6 Å². The van der Waals surface area contributed by atoms with Crippen molar-refractivity contribution in [1.82, 2.24) is 4.90 Å². The van der Waals surface area contributed by atoms with Gasteiger partial charge in [-0.2, -0.15) is 0 Å². The molecule has 0 bridgehead atoms. The van der Waals surface area contributed by atoms with Crippen LogP contribution in [0.2, 0.25) is 0 Å². The first kappa shape index (κ1) is 12.1. The number of anilines is 1. The molecule has 3 nitrogen and oxygen atoms in total. The molecule has 0 unspecified atom stereocenters. The molecule has 16 heavy (non-hydrogen) atoms. The number of terminal acetylenes is 1. The molecule has 1 rings (SSSR count). The van der Waals surface area contributed by atoms with Gasteiger partial charge in [0, 0.05) is 17.8 Å². The lowest BCUT2D eigenvalue weighted by Gasteiger charge is -2.18. The van der Waals surface area contributed by atoms with Crippen LogP contribution in [0.1, 0.15) is 22.8 Å². The van der Waals surface area contributed by atoms with Gasteiger partial charge in [-0.1, -0.05) is 5.92 Å². The number of rotatable bonds is 3. The normalized spacial score (nSPS) is 9.56. The number of carbonyl (C=O) groups is 1. The van der Waals surface area contributed by atoms with E-state index in [0.717, 1.165) is 5.56 Å². The third-order valence-corrected chi connectivity index (χ3v) is 2.47. The van der Waals surface area contributed by atoms with E-state index in [-0.39, 0.29) is 5.91 Å². The zero-order valence-electron chi connectivity index (χ0n) is 9.66. The Balaban J connectivity index is 2.95. The van der Waals surface area contributed by atoms with Crippen LogP contribution in [-0.4, -0.2) is 23.9 Å². The van der Waals surface area contributed by atoms with E-state index in [0.29, 0.717) is 24.3 Å². The maximum absolute atomic E-state index is 12.0. The number of nitrogens with zero attached hydrogens (tertiary/aromatic N) is 1. The molecular weight excluding hydrogens is 200 g/mol. The van der Waals surface area contributed by atoms with E-state index in [4.69, 9.17) is 12.2 Å². The molecule has 1 aromatic rings. The largest absolute Gasteiger partial charge is 0.399 e. The van der Waals surface area contributed by atoms with E-state index in [2.05, 4.69) is 5.92 Å². The van der Waals surface area contributed by atoms with Gasteiger partial charge in [-0.05, 0) is 37.6 Å². The number of benzene rings is 1. The van der Waals surface area contributed by atoms with Crippen LogP contribution in [0.5, 0.6) is 0 Å². The summed E-state index contributed by atoms with van der Waals surface area (Å²) in [6.07, 6.45) is 5.21. The van der Waals surface area contributed by atoms with Gasteiger partial charge >= 0.3 is 0 Å². The van der Waals surface area contributed by atoms with Crippen LogP contribution in [0.4, 0.5) is 5.69 Å². The zero-order chi connectivity index (χ0) is 12.1. The minimum atomic E-state index is -0.0523. The number of carbonyl (C=O) groups excluding carboxylic acids is 1. The molecule has 0 fully saturated rings. The summed E-state index contributed by atoms with van der Waals surface area (Å²) in [4.78, 5) is 13.6. The van der Waals surface area contributed by atoms with Gasteiger partial charge in [0.15, 0.2) is 0 Å². The number of nitrogen functional groups attached to an aromatic ring is 1. The number of nitrogens with two attached hydrogens (primary N) is 1. The molecule has 0 radical (unpaired) electrons. The molecule has 1 aromatic carbocycles. The SMILES string of the molecule is C#CCN(CC)C(=O)c1ccc(N)c(C)c1. The van der Waals surface area contributed by atoms with Crippen molar-refractivity contribution in [2.24, 2.45) is 0 Å². The van der Waals surface area contributed by atoms with Crippen molar-refractivity contribution < 1.29 is 4.79 Å². The van der Waals surface area contributed by atoms with E-state index < -0.39 is 0 Å². The van der Waals surface area contributed by atoms with Gasteiger partial charge in [-0.25, -0.2) is 0 Å². The topological polar surface area (TPSA) is 46.3 Å². The third kappa shape index (κ3) is 2.54. The molecule has 0 heterocycles. The van der Waals surface area contributed by atoms with Crippen LogP contribution in [-0.2, 0) is 0 Å². The second kappa shape index (κ2) is 5.22. The fraction of sp³-hybridized carbons (Fsp3) is 0.308. The van der Waals surface area contributed by atoms with Crippen molar-refractivity contribution in [1.29, 1.82) is 0 Å². The minimum absolute atomic E-state index is 0.0523. The smallest absolute Gasteiger partial charge is 0.254 e. The van der Waals surface area contributed by atoms with Crippen molar-refractivity contribution in [2.45, 2.75) is 13.8 Å². The van der Waals surface area contributed by atoms with Crippen molar-refractivity contribution in [2.75, 3.05) is 18.8 Å². The first-order valence-electron chi connectivity index (χ1n) is 5.19. The second-order valence-corrected chi connectivity index (χ2v) is 3.59. The average molecular weight is 216 g/mol. The van der Waals surface area contributed by atoms with E-state index in [1.54, 1.807) is 23.1 Å². The van der Waals surface area contributed by atoms with Crippen LogP contribution < -0.4 is 5.73 Å². The molecule has 0 atom stereocenters. The highest BCUT2D eigenvalue weighted by atomic mass is 16.2.